The molecule has 5 nitrogen and oxygen atoms in total. The first-order valence-corrected chi connectivity index (χ1v) is 6.55. The Morgan fingerprint density at radius 1 is 1.25 bits per heavy atom. The van der Waals surface area contributed by atoms with Gasteiger partial charge in [-0.3, -0.25) is 14.9 Å². The van der Waals surface area contributed by atoms with E-state index in [2.05, 4.69) is 15.9 Å². The minimum Gasteiger partial charge on any atom is -0.450 e. The highest BCUT2D eigenvalue weighted by Gasteiger charge is 2.16. The Bertz CT molecular complexity index is 690. The zero-order valence-electron chi connectivity index (χ0n) is 9.88. The molecule has 0 aromatic heterocycles. The summed E-state index contributed by atoms with van der Waals surface area (Å²) in [7, 11) is 0. The maximum absolute atomic E-state index is 11.0. The van der Waals surface area contributed by atoms with Gasteiger partial charge in [0.05, 0.1) is 9.95 Å². The number of hydrogen-bond acceptors (Lipinski definition) is 4. The van der Waals surface area contributed by atoms with Gasteiger partial charge in [0.15, 0.2) is 6.29 Å². The fraction of sp³-hybridized carbons (Fsp3) is 0. The number of carbonyl (C=O) groups is 1. The average Bonchev–Trinajstić information content (AvgIpc) is 2.41. The number of nitro benzene ring substituents is 1. The van der Waals surface area contributed by atoms with Gasteiger partial charge in [-0.25, -0.2) is 0 Å². The molecule has 0 amide bonds. The normalized spacial score (nSPS) is 10.1. The lowest BCUT2D eigenvalue weighted by molar-refractivity contribution is -0.385. The van der Waals surface area contributed by atoms with E-state index in [0.29, 0.717) is 22.1 Å². The molecular formula is C13H7BrClNO4. The van der Waals surface area contributed by atoms with E-state index in [-0.39, 0.29) is 16.5 Å². The smallest absolute Gasteiger partial charge is 0.312 e. The molecule has 0 N–H and O–H groups in total. The van der Waals surface area contributed by atoms with Gasteiger partial charge in [0.25, 0.3) is 0 Å². The van der Waals surface area contributed by atoms with Gasteiger partial charge in [-0.15, -0.1) is 0 Å². The van der Waals surface area contributed by atoms with Gasteiger partial charge in [-0.1, -0.05) is 27.5 Å². The van der Waals surface area contributed by atoms with Gasteiger partial charge in [0.2, 0.25) is 5.75 Å². The van der Waals surface area contributed by atoms with Gasteiger partial charge in [0, 0.05) is 22.2 Å². The van der Waals surface area contributed by atoms with Gasteiger partial charge >= 0.3 is 5.69 Å². The number of nitrogens with zero attached hydrogens (tertiary/aromatic N) is 1. The van der Waals surface area contributed by atoms with Crippen LogP contribution in [0, 0.1) is 10.1 Å². The Labute approximate surface area is 127 Å². The molecule has 7 heteroatoms. The van der Waals surface area contributed by atoms with Crippen molar-refractivity contribution < 1.29 is 14.5 Å². The van der Waals surface area contributed by atoms with E-state index in [1.54, 1.807) is 6.07 Å². The van der Waals surface area contributed by atoms with Crippen LogP contribution in [-0.4, -0.2) is 11.2 Å². The topological polar surface area (TPSA) is 69.4 Å². The molecule has 0 heterocycles. The number of aldehydes is 1. The first-order chi connectivity index (χ1) is 9.51. The molecule has 0 fully saturated rings. The Morgan fingerprint density at radius 2 is 2.00 bits per heavy atom. The lowest BCUT2D eigenvalue weighted by Gasteiger charge is -2.07. The Hall–Kier alpha value is -1.92. The molecule has 0 aliphatic carbocycles. The van der Waals surface area contributed by atoms with E-state index in [1.165, 1.54) is 30.3 Å². The van der Waals surface area contributed by atoms with Crippen LogP contribution in [0.25, 0.3) is 0 Å². The van der Waals surface area contributed by atoms with Crippen LogP contribution in [-0.2, 0) is 0 Å². The average molecular weight is 357 g/mol. The number of rotatable bonds is 4. The quantitative estimate of drug-likeness (QED) is 0.455. The van der Waals surface area contributed by atoms with E-state index >= 15 is 0 Å². The van der Waals surface area contributed by atoms with Crippen molar-refractivity contribution in [2.45, 2.75) is 0 Å². The van der Waals surface area contributed by atoms with Crippen molar-refractivity contribution in [1.82, 2.24) is 0 Å². The lowest BCUT2D eigenvalue weighted by Crippen LogP contribution is -1.94. The fourth-order valence-corrected chi connectivity index (χ4v) is 2.08. The summed E-state index contributed by atoms with van der Waals surface area (Å²) in [5, 5.41) is 11.2. The molecule has 0 spiro atoms. The molecule has 2 rings (SSSR count). The van der Waals surface area contributed by atoms with Crippen LogP contribution in [0.4, 0.5) is 5.69 Å². The molecule has 2 aromatic carbocycles. The highest BCUT2D eigenvalue weighted by Crippen LogP contribution is 2.34. The summed E-state index contributed by atoms with van der Waals surface area (Å²) in [5.74, 6) is 0.402. The number of nitro groups is 1. The number of halogens is 2. The van der Waals surface area contributed by atoms with Crippen molar-refractivity contribution in [2.75, 3.05) is 0 Å². The maximum Gasteiger partial charge on any atom is 0.312 e. The largest absolute Gasteiger partial charge is 0.450 e. The molecule has 2 aromatic rings. The van der Waals surface area contributed by atoms with Crippen LogP contribution in [0.5, 0.6) is 11.5 Å². The predicted molar refractivity (Wildman–Crippen MR) is 77.7 cm³/mol. The van der Waals surface area contributed by atoms with E-state index < -0.39 is 4.92 Å². The number of hydrogen-bond donors (Lipinski definition) is 0. The zero-order chi connectivity index (χ0) is 14.7. The SMILES string of the molecule is O=Cc1ccc(Oc2ccc(Br)cc2[N+](=O)[O-])cc1Cl. The van der Waals surface area contributed by atoms with E-state index in [1.807, 2.05) is 0 Å². The van der Waals surface area contributed by atoms with Gasteiger partial charge in [-0.2, -0.15) is 0 Å². The van der Waals surface area contributed by atoms with Crippen molar-refractivity contribution in [3.8, 4) is 11.5 Å². The monoisotopic (exact) mass is 355 g/mol. The summed E-state index contributed by atoms with van der Waals surface area (Å²) in [5.41, 5.74) is 0.152. The predicted octanol–water partition coefficient (Wildman–Crippen LogP) is 4.62. The number of carbonyl (C=O) groups excluding carboxylic acids is 1. The first kappa shape index (κ1) is 14.5. The molecule has 0 saturated heterocycles. The second kappa shape index (κ2) is 6.02. The fourth-order valence-electron chi connectivity index (χ4n) is 1.51. The minimum absolute atomic E-state index is 0.0909. The molecule has 0 unspecified atom stereocenters. The molecule has 20 heavy (non-hydrogen) atoms. The van der Waals surface area contributed by atoms with Crippen LogP contribution >= 0.6 is 27.5 Å². The van der Waals surface area contributed by atoms with Gasteiger partial charge < -0.3 is 4.74 Å². The van der Waals surface area contributed by atoms with Crippen LogP contribution in [0.2, 0.25) is 5.02 Å². The molecule has 0 aliphatic rings. The third-order valence-corrected chi connectivity index (χ3v) is 3.26. The van der Waals surface area contributed by atoms with Crippen LogP contribution < -0.4 is 4.74 Å². The van der Waals surface area contributed by atoms with E-state index in [9.17, 15) is 14.9 Å². The van der Waals surface area contributed by atoms with Crippen molar-refractivity contribution in [3.63, 3.8) is 0 Å². The molecule has 0 radical (unpaired) electrons. The summed E-state index contributed by atoms with van der Waals surface area (Å²) < 4.78 is 6.02. The Morgan fingerprint density at radius 3 is 2.60 bits per heavy atom. The summed E-state index contributed by atoms with van der Waals surface area (Å²) in [4.78, 5) is 21.1. The Kier molecular flexibility index (Phi) is 4.36. The highest BCUT2D eigenvalue weighted by atomic mass is 79.9. The lowest BCUT2D eigenvalue weighted by atomic mass is 10.2. The third-order valence-electron chi connectivity index (χ3n) is 2.44. The molecular weight excluding hydrogens is 350 g/mol. The van der Waals surface area contributed by atoms with E-state index in [4.69, 9.17) is 16.3 Å². The van der Waals surface area contributed by atoms with Crippen LogP contribution in [0.1, 0.15) is 10.4 Å². The van der Waals surface area contributed by atoms with E-state index in [0.717, 1.165) is 0 Å². The second-order valence-electron chi connectivity index (χ2n) is 3.77. The second-order valence-corrected chi connectivity index (χ2v) is 5.10. The molecule has 0 atom stereocenters. The van der Waals surface area contributed by atoms with Crippen molar-refractivity contribution in [3.05, 3.63) is 61.6 Å². The third kappa shape index (κ3) is 3.15. The summed E-state index contributed by atoms with van der Waals surface area (Å²) in [6.45, 7) is 0. The molecule has 0 bridgehead atoms. The van der Waals surface area contributed by atoms with Gasteiger partial charge in [0.1, 0.15) is 5.75 Å². The molecule has 0 aliphatic heterocycles. The van der Waals surface area contributed by atoms with Crippen LogP contribution in [0.3, 0.4) is 0 Å². The first-order valence-electron chi connectivity index (χ1n) is 5.38. The number of ether oxygens (including phenoxy) is 1. The molecule has 102 valence electrons. The zero-order valence-corrected chi connectivity index (χ0v) is 12.2. The van der Waals surface area contributed by atoms with Crippen molar-refractivity contribution >= 4 is 39.5 Å². The Balaban J connectivity index is 2.37. The highest BCUT2D eigenvalue weighted by molar-refractivity contribution is 9.10. The summed E-state index contributed by atoms with van der Waals surface area (Å²) >= 11 is 9.03. The summed E-state index contributed by atoms with van der Waals surface area (Å²) in [6, 6.07) is 8.87. The van der Waals surface area contributed by atoms with Crippen molar-refractivity contribution in [2.24, 2.45) is 0 Å². The standard InChI is InChI=1S/C13H7BrClNO4/c14-9-2-4-13(12(5-9)16(18)19)20-10-3-1-8(7-17)11(15)6-10/h1-7H. The van der Waals surface area contributed by atoms with Crippen LogP contribution in [0.15, 0.2) is 40.9 Å². The summed E-state index contributed by atoms with van der Waals surface area (Å²) in [6.07, 6.45) is 0.619. The number of benzene rings is 2. The maximum atomic E-state index is 11.0. The van der Waals surface area contributed by atoms with Crippen molar-refractivity contribution in [1.29, 1.82) is 0 Å². The minimum atomic E-state index is -0.540. The molecule has 0 saturated carbocycles. The van der Waals surface area contributed by atoms with Gasteiger partial charge in [-0.05, 0) is 24.3 Å².